The summed E-state index contributed by atoms with van der Waals surface area (Å²) in [5, 5.41) is 0. The van der Waals surface area contributed by atoms with E-state index < -0.39 is 26.8 Å². The largest absolute Gasteiger partial charge is 0.534 e. The molecule has 23 heavy (non-hydrogen) atoms. The first kappa shape index (κ1) is 18.3. The Morgan fingerprint density at radius 2 is 2.00 bits per heavy atom. The van der Waals surface area contributed by atoms with E-state index in [-0.39, 0.29) is 17.6 Å². The molecule has 0 unspecified atom stereocenters. The third kappa shape index (κ3) is 3.03. The van der Waals surface area contributed by atoms with Gasteiger partial charge in [-0.25, -0.2) is 0 Å². The van der Waals surface area contributed by atoms with E-state index in [4.69, 9.17) is 4.74 Å². The fourth-order valence-electron chi connectivity index (χ4n) is 3.21. The van der Waals surface area contributed by atoms with Crippen molar-refractivity contribution in [2.24, 2.45) is 11.8 Å². The fraction of sp³-hybridized carbons (Fsp3) is 0.733. The van der Waals surface area contributed by atoms with E-state index in [1.165, 1.54) is 6.08 Å². The first-order chi connectivity index (χ1) is 10.4. The molecule has 0 aromatic carbocycles. The van der Waals surface area contributed by atoms with Crippen molar-refractivity contribution in [1.82, 2.24) is 0 Å². The Bertz CT molecular complexity index is 625. The van der Waals surface area contributed by atoms with Crippen LogP contribution in [0.5, 0.6) is 0 Å². The Balaban J connectivity index is 2.43. The quantitative estimate of drug-likeness (QED) is 0.438. The van der Waals surface area contributed by atoms with Gasteiger partial charge in [-0.2, -0.15) is 21.6 Å². The number of ether oxygens (including phenoxy) is 1. The van der Waals surface area contributed by atoms with Crippen molar-refractivity contribution in [2.45, 2.75) is 56.7 Å². The van der Waals surface area contributed by atoms with Gasteiger partial charge in [0.1, 0.15) is 11.4 Å². The summed E-state index contributed by atoms with van der Waals surface area (Å²) in [6.07, 6.45) is 4.33. The lowest BCUT2D eigenvalue weighted by atomic mass is 9.72. The maximum absolute atomic E-state index is 12.7. The minimum Gasteiger partial charge on any atom is -0.378 e. The molecular formula is C15H21F3O4S. The van der Waals surface area contributed by atoms with Gasteiger partial charge in [-0.1, -0.05) is 19.9 Å². The third-order valence-electron chi connectivity index (χ3n) is 5.00. The van der Waals surface area contributed by atoms with Crippen molar-refractivity contribution >= 4 is 10.1 Å². The second kappa shape index (κ2) is 5.51. The van der Waals surface area contributed by atoms with Crippen LogP contribution in [0.25, 0.3) is 0 Å². The minimum absolute atomic E-state index is 0.128. The van der Waals surface area contributed by atoms with E-state index in [0.29, 0.717) is 19.3 Å². The number of allylic oxidation sites excluding steroid dienone is 1. The molecule has 1 saturated heterocycles. The fourth-order valence-corrected chi connectivity index (χ4v) is 3.75. The molecule has 1 fully saturated rings. The molecule has 0 radical (unpaired) electrons. The van der Waals surface area contributed by atoms with Crippen LogP contribution in [0.15, 0.2) is 24.5 Å². The maximum atomic E-state index is 12.7. The normalized spacial score (nSPS) is 38.4. The summed E-state index contributed by atoms with van der Waals surface area (Å²) < 4.78 is 71.3. The second-order valence-electron chi connectivity index (χ2n) is 6.56. The summed E-state index contributed by atoms with van der Waals surface area (Å²) in [7, 11) is -5.72. The number of hydrogen-bond acceptors (Lipinski definition) is 4. The van der Waals surface area contributed by atoms with Crippen molar-refractivity contribution in [3.05, 3.63) is 24.5 Å². The Labute approximate surface area is 134 Å². The lowest BCUT2D eigenvalue weighted by Gasteiger charge is -2.43. The highest BCUT2D eigenvalue weighted by Crippen LogP contribution is 2.53. The highest BCUT2D eigenvalue weighted by molar-refractivity contribution is 7.87. The SMILES string of the molecule is C=C[C@@]1(C)CC[C@@]2(O1)C(OS(=O)(=O)C(F)(F)F)=CC[C@H](C)[C@H]2C. The molecule has 1 aliphatic heterocycles. The van der Waals surface area contributed by atoms with Crippen LogP contribution >= 0.6 is 0 Å². The predicted molar refractivity (Wildman–Crippen MR) is 78.7 cm³/mol. The van der Waals surface area contributed by atoms with Gasteiger partial charge in [-0.05, 0) is 44.1 Å². The molecule has 2 aliphatic rings. The summed E-state index contributed by atoms with van der Waals surface area (Å²) in [5.41, 5.74) is -7.38. The van der Waals surface area contributed by atoms with Gasteiger partial charge in [0.25, 0.3) is 0 Å². The smallest absolute Gasteiger partial charge is 0.378 e. The van der Waals surface area contributed by atoms with Crippen LogP contribution < -0.4 is 0 Å². The van der Waals surface area contributed by atoms with Crippen LogP contribution in [0.1, 0.15) is 40.0 Å². The molecule has 0 aromatic heterocycles. The standard InChI is InChI=1S/C15H21F3O4S/c1-5-13(4)8-9-14(22-13)11(3)10(2)6-7-12(14)21-23(19,20)15(16,17)18/h5,7,10-11H,1,6,8-9H2,2-4H3/t10-,11+,13-,14-/m0/s1. The Morgan fingerprint density at radius 1 is 1.39 bits per heavy atom. The lowest BCUT2D eigenvalue weighted by molar-refractivity contribution is -0.113. The maximum Gasteiger partial charge on any atom is 0.534 e. The van der Waals surface area contributed by atoms with Crippen molar-refractivity contribution in [1.29, 1.82) is 0 Å². The molecule has 0 bridgehead atoms. The van der Waals surface area contributed by atoms with Crippen LogP contribution in [0, 0.1) is 11.8 Å². The molecule has 0 saturated carbocycles. The van der Waals surface area contributed by atoms with Crippen molar-refractivity contribution in [2.75, 3.05) is 0 Å². The molecule has 1 spiro atoms. The molecule has 0 N–H and O–H groups in total. The molecular weight excluding hydrogens is 333 g/mol. The van der Waals surface area contributed by atoms with Gasteiger partial charge in [0.15, 0.2) is 0 Å². The molecule has 0 aromatic rings. The van der Waals surface area contributed by atoms with Crippen molar-refractivity contribution in [3.63, 3.8) is 0 Å². The van der Waals surface area contributed by atoms with E-state index in [2.05, 4.69) is 10.8 Å². The Kier molecular flexibility index (Phi) is 4.39. The zero-order valence-electron chi connectivity index (χ0n) is 13.3. The van der Waals surface area contributed by atoms with Gasteiger partial charge >= 0.3 is 15.6 Å². The van der Waals surface area contributed by atoms with Gasteiger partial charge in [-0.15, -0.1) is 6.58 Å². The van der Waals surface area contributed by atoms with Crippen LogP contribution in [-0.2, 0) is 19.0 Å². The molecule has 1 heterocycles. The van der Waals surface area contributed by atoms with Gasteiger partial charge in [0, 0.05) is 0 Å². The highest BCUT2D eigenvalue weighted by Gasteiger charge is 2.58. The highest BCUT2D eigenvalue weighted by atomic mass is 32.2. The zero-order valence-corrected chi connectivity index (χ0v) is 14.1. The van der Waals surface area contributed by atoms with E-state index >= 15 is 0 Å². The van der Waals surface area contributed by atoms with Crippen LogP contribution in [0.4, 0.5) is 13.2 Å². The molecule has 4 atom stereocenters. The number of hydrogen-bond donors (Lipinski definition) is 0. The average molecular weight is 354 g/mol. The van der Waals surface area contributed by atoms with E-state index in [1.54, 1.807) is 13.0 Å². The van der Waals surface area contributed by atoms with Gasteiger partial charge < -0.3 is 8.92 Å². The van der Waals surface area contributed by atoms with E-state index in [1.807, 2.05) is 13.8 Å². The van der Waals surface area contributed by atoms with Crippen molar-refractivity contribution in [3.8, 4) is 0 Å². The molecule has 8 heteroatoms. The summed E-state index contributed by atoms with van der Waals surface area (Å²) >= 11 is 0. The van der Waals surface area contributed by atoms with Crippen LogP contribution in [0.2, 0.25) is 0 Å². The van der Waals surface area contributed by atoms with E-state index in [0.717, 1.165) is 0 Å². The van der Waals surface area contributed by atoms with Crippen LogP contribution in [-0.4, -0.2) is 25.1 Å². The Hall–Kier alpha value is -1.02. The summed E-state index contributed by atoms with van der Waals surface area (Å²) in [6.45, 7) is 9.26. The van der Waals surface area contributed by atoms with Gasteiger partial charge in [0.2, 0.25) is 0 Å². The van der Waals surface area contributed by atoms with Gasteiger partial charge in [0.05, 0.1) is 5.60 Å². The van der Waals surface area contributed by atoms with E-state index in [9.17, 15) is 21.6 Å². The molecule has 4 nitrogen and oxygen atoms in total. The lowest BCUT2D eigenvalue weighted by Crippen LogP contribution is -2.47. The number of rotatable bonds is 3. The molecule has 0 amide bonds. The Morgan fingerprint density at radius 3 is 2.48 bits per heavy atom. The third-order valence-corrected chi connectivity index (χ3v) is 5.97. The van der Waals surface area contributed by atoms with Crippen molar-refractivity contribution < 1.29 is 30.5 Å². The molecule has 2 rings (SSSR count). The summed E-state index contributed by atoms with van der Waals surface area (Å²) in [6, 6.07) is 0. The average Bonchev–Trinajstić information content (AvgIpc) is 2.79. The zero-order chi connectivity index (χ0) is 17.7. The second-order valence-corrected chi connectivity index (χ2v) is 8.10. The topological polar surface area (TPSA) is 52.6 Å². The monoisotopic (exact) mass is 354 g/mol. The number of halogens is 3. The minimum atomic E-state index is -5.72. The van der Waals surface area contributed by atoms with Gasteiger partial charge in [-0.3, -0.25) is 0 Å². The molecule has 1 aliphatic carbocycles. The first-order valence-corrected chi connectivity index (χ1v) is 8.83. The summed E-state index contributed by atoms with van der Waals surface area (Å²) in [4.78, 5) is 0. The summed E-state index contributed by atoms with van der Waals surface area (Å²) in [5.74, 6) is -0.318. The number of alkyl halides is 3. The predicted octanol–water partition coefficient (Wildman–Crippen LogP) is 3.91. The van der Waals surface area contributed by atoms with Crippen LogP contribution in [0.3, 0.4) is 0 Å². The first-order valence-electron chi connectivity index (χ1n) is 7.42. The molecule has 132 valence electrons.